The molecular formula is C17H12N4O2S. The van der Waals surface area contributed by atoms with Crippen LogP contribution in [0.25, 0.3) is 16.7 Å². The molecule has 0 aliphatic rings. The van der Waals surface area contributed by atoms with E-state index in [9.17, 15) is 4.79 Å². The molecule has 7 heteroatoms. The lowest BCUT2D eigenvalue weighted by molar-refractivity contribution is 0.414. The normalized spacial score (nSPS) is 11.0. The second-order valence-electron chi connectivity index (χ2n) is 5.02. The van der Waals surface area contributed by atoms with Crippen molar-refractivity contribution < 1.29 is 4.52 Å². The van der Waals surface area contributed by atoms with Crippen LogP contribution in [-0.4, -0.2) is 19.7 Å². The van der Waals surface area contributed by atoms with E-state index < -0.39 is 0 Å². The second kappa shape index (κ2) is 6.29. The van der Waals surface area contributed by atoms with E-state index >= 15 is 0 Å². The van der Waals surface area contributed by atoms with Gasteiger partial charge in [0, 0.05) is 18.0 Å². The third-order valence-electron chi connectivity index (χ3n) is 3.47. The number of hydrogen-bond donors (Lipinski definition) is 0. The highest BCUT2D eigenvalue weighted by molar-refractivity contribution is 7.98. The smallest absolute Gasteiger partial charge is 0.268 e. The average molecular weight is 336 g/mol. The Morgan fingerprint density at radius 1 is 1.08 bits per heavy atom. The number of fused-ring (bicyclic) bond motifs is 1. The number of thioether (sulfide) groups is 1. The Morgan fingerprint density at radius 2 is 1.96 bits per heavy atom. The summed E-state index contributed by atoms with van der Waals surface area (Å²) in [4.78, 5) is 21.7. The first kappa shape index (κ1) is 14.6. The largest absolute Gasteiger partial charge is 0.364 e. The van der Waals surface area contributed by atoms with Crippen molar-refractivity contribution in [3.8, 4) is 5.69 Å². The minimum absolute atomic E-state index is 0.137. The topological polar surface area (TPSA) is 73.8 Å². The Morgan fingerprint density at radius 3 is 2.75 bits per heavy atom. The lowest BCUT2D eigenvalue weighted by atomic mass is 10.3. The molecule has 1 aromatic carbocycles. The highest BCUT2D eigenvalue weighted by Crippen LogP contribution is 2.23. The molecular weight excluding hydrogens is 324 g/mol. The second-order valence-corrected chi connectivity index (χ2v) is 5.97. The Balaban J connectivity index is 1.88. The van der Waals surface area contributed by atoms with Crippen LogP contribution in [0, 0.1) is 0 Å². The molecule has 118 valence electrons. The number of benzene rings is 1. The minimum atomic E-state index is -0.137. The molecule has 0 unspecified atom stereocenters. The number of rotatable bonds is 4. The maximum Gasteiger partial charge on any atom is 0.268 e. The maximum atomic E-state index is 12.9. The molecule has 3 aromatic heterocycles. The summed E-state index contributed by atoms with van der Waals surface area (Å²) in [5.74, 6) is 0.550. The SMILES string of the molecule is O=c1c2cccnc2nc(SCc2ccon2)n1-c1ccccc1. The zero-order valence-electron chi connectivity index (χ0n) is 12.5. The number of pyridine rings is 1. The van der Waals surface area contributed by atoms with Gasteiger partial charge in [-0.15, -0.1) is 0 Å². The summed E-state index contributed by atoms with van der Waals surface area (Å²) >= 11 is 1.42. The summed E-state index contributed by atoms with van der Waals surface area (Å²) in [6.45, 7) is 0. The van der Waals surface area contributed by atoms with Crippen LogP contribution in [0.15, 0.2) is 75.5 Å². The van der Waals surface area contributed by atoms with Gasteiger partial charge in [0.15, 0.2) is 10.8 Å². The molecule has 0 saturated heterocycles. The van der Waals surface area contributed by atoms with E-state index in [2.05, 4.69) is 15.1 Å². The van der Waals surface area contributed by atoms with E-state index in [0.717, 1.165) is 11.4 Å². The number of hydrogen-bond acceptors (Lipinski definition) is 6. The molecule has 0 N–H and O–H groups in total. The number of aromatic nitrogens is 4. The fourth-order valence-electron chi connectivity index (χ4n) is 2.35. The summed E-state index contributed by atoms with van der Waals surface area (Å²) < 4.78 is 6.45. The summed E-state index contributed by atoms with van der Waals surface area (Å²) in [5.41, 5.74) is 1.86. The van der Waals surface area contributed by atoms with Gasteiger partial charge < -0.3 is 4.52 Å². The quantitative estimate of drug-likeness (QED) is 0.421. The van der Waals surface area contributed by atoms with E-state index in [1.807, 2.05) is 30.3 Å². The summed E-state index contributed by atoms with van der Waals surface area (Å²) in [6, 6.07) is 14.7. The fourth-order valence-corrected chi connectivity index (χ4v) is 3.25. The van der Waals surface area contributed by atoms with Gasteiger partial charge in [-0.25, -0.2) is 9.97 Å². The Bertz CT molecular complexity index is 1030. The molecule has 0 bridgehead atoms. The van der Waals surface area contributed by atoms with Crippen molar-refractivity contribution in [1.82, 2.24) is 19.7 Å². The first-order valence-corrected chi connectivity index (χ1v) is 8.27. The average Bonchev–Trinajstić information content (AvgIpc) is 3.14. The van der Waals surface area contributed by atoms with Gasteiger partial charge in [-0.1, -0.05) is 35.1 Å². The van der Waals surface area contributed by atoms with Gasteiger partial charge in [-0.05, 0) is 24.3 Å². The molecule has 0 radical (unpaired) electrons. The standard InChI is InChI=1S/C17H12N4O2S/c22-16-14-7-4-9-18-15(14)19-17(24-11-12-8-10-23-20-12)21(16)13-5-2-1-3-6-13/h1-10H,11H2. The lowest BCUT2D eigenvalue weighted by Gasteiger charge is -2.12. The number of nitrogens with zero attached hydrogens (tertiary/aromatic N) is 4. The van der Waals surface area contributed by atoms with Crippen molar-refractivity contribution in [2.24, 2.45) is 0 Å². The van der Waals surface area contributed by atoms with Crippen LogP contribution >= 0.6 is 11.8 Å². The third-order valence-corrected chi connectivity index (χ3v) is 4.44. The van der Waals surface area contributed by atoms with E-state index in [1.165, 1.54) is 18.0 Å². The molecule has 4 rings (SSSR count). The third kappa shape index (κ3) is 2.69. The highest BCUT2D eigenvalue weighted by Gasteiger charge is 2.14. The molecule has 0 fully saturated rings. The summed E-state index contributed by atoms with van der Waals surface area (Å²) in [7, 11) is 0. The Kier molecular flexibility index (Phi) is 3.84. The van der Waals surface area contributed by atoms with Crippen molar-refractivity contribution >= 4 is 22.8 Å². The molecule has 0 aliphatic heterocycles. The van der Waals surface area contributed by atoms with Gasteiger partial charge in [0.1, 0.15) is 6.26 Å². The summed E-state index contributed by atoms with van der Waals surface area (Å²) in [6.07, 6.45) is 3.16. The predicted octanol–water partition coefficient (Wildman–Crippen LogP) is 3.06. The minimum Gasteiger partial charge on any atom is -0.364 e. The maximum absolute atomic E-state index is 12.9. The van der Waals surface area contributed by atoms with Crippen LogP contribution in [0.1, 0.15) is 5.69 Å². The zero-order valence-corrected chi connectivity index (χ0v) is 13.3. The van der Waals surface area contributed by atoms with Gasteiger partial charge in [-0.2, -0.15) is 0 Å². The van der Waals surface area contributed by atoms with Crippen molar-refractivity contribution in [2.75, 3.05) is 0 Å². The van der Waals surface area contributed by atoms with Crippen molar-refractivity contribution in [2.45, 2.75) is 10.9 Å². The molecule has 6 nitrogen and oxygen atoms in total. The first-order chi connectivity index (χ1) is 11.8. The van der Waals surface area contributed by atoms with Crippen LogP contribution in [-0.2, 0) is 5.75 Å². The van der Waals surface area contributed by atoms with Crippen molar-refractivity contribution in [3.63, 3.8) is 0 Å². The van der Waals surface area contributed by atoms with Crippen LogP contribution < -0.4 is 5.56 Å². The van der Waals surface area contributed by atoms with E-state index in [-0.39, 0.29) is 5.56 Å². The van der Waals surface area contributed by atoms with Gasteiger partial charge in [-0.3, -0.25) is 9.36 Å². The molecule has 3 heterocycles. The zero-order chi connectivity index (χ0) is 16.4. The van der Waals surface area contributed by atoms with E-state index in [4.69, 9.17) is 4.52 Å². The molecule has 0 amide bonds. The van der Waals surface area contributed by atoms with Crippen molar-refractivity contribution in [3.05, 3.63) is 77.0 Å². The van der Waals surface area contributed by atoms with Crippen LogP contribution in [0.2, 0.25) is 0 Å². The van der Waals surface area contributed by atoms with E-state index in [0.29, 0.717) is 21.9 Å². The molecule has 0 atom stereocenters. The fraction of sp³-hybridized carbons (Fsp3) is 0.0588. The van der Waals surface area contributed by atoms with Gasteiger partial charge in [0.25, 0.3) is 5.56 Å². The predicted molar refractivity (Wildman–Crippen MR) is 91.2 cm³/mol. The lowest BCUT2D eigenvalue weighted by Crippen LogP contribution is -2.22. The summed E-state index contributed by atoms with van der Waals surface area (Å²) in [5, 5.41) is 4.95. The number of para-hydroxylation sites is 1. The molecule has 4 aromatic rings. The molecule has 24 heavy (non-hydrogen) atoms. The highest BCUT2D eigenvalue weighted by atomic mass is 32.2. The van der Waals surface area contributed by atoms with Crippen LogP contribution in [0.5, 0.6) is 0 Å². The molecule has 0 spiro atoms. The Labute approximate surface area is 141 Å². The van der Waals surface area contributed by atoms with Crippen molar-refractivity contribution in [1.29, 1.82) is 0 Å². The monoisotopic (exact) mass is 336 g/mol. The van der Waals surface area contributed by atoms with Crippen LogP contribution in [0.4, 0.5) is 0 Å². The first-order valence-electron chi connectivity index (χ1n) is 7.28. The Hall–Kier alpha value is -2.93. The van der Waals surface area contributed by atoms with Crippen LogP contribution in [0.3, 0.4) is 0 Å². The molecule has 0 saturated carbocycles. The van der Waals surface area contributed by atoms with Gasteiger partial charge in [0.2, 0.25) is 0 Å². The van der Waals surface area contributed by atoms with E-state index in [1.54, 1.807) is 29.0 Å². The molecule has 0 aliphatic carbocycles. The van der Waals surface area contributed by atoms with Gasteiger partial charge in [0.05, 0.1) is 16.8 Å². The van der Waals surface area contributed by atoms with Gasteiger partial charge >= 0.3 is 0 Å².